The smallest absolute Gasteiger partial charge is 0.270 e. The van der Waals surface area contributed by atoms with Crippen LogP contribution in [-0.2, 0) is 4.79 Å². The molecule has 158 valence electrons. The largest absolute Gasteiger partial charge is 0.497 e. The summed E-state index contributed by atoms with van der Waals surface area (Å²) in [5.41, 5.74) is 1.30. The van der Waals surface area contributed by atoms with Crippen molar-refractivity contribution in [3.05, 3.63) is 96.1 Å². The van der Waals surface area contributed by atoms with Gasteiger partial charge in [-0.15, -0.1) is 0 Å². The molecule has 3 aromatic carbocycles. The molecule has 5 rings (SSSR count). The quantitative estimate of drug-likeness (QED) is 0.519. The SMILES string of the molecule is COc1ccc2c(c1)N(c1ccccc1F)C(=O)C2NC(=O)c1cc2ccccc2cn1. The summed E-state index contributed by atoms with van der Waals surface area (Å²) in [7, 11) is 1.51. The topological polar surface area (TPSA) is 71.5 Å². The molecule has 1 atom stereocenters. The Labute approximate surface area is 183 Å². The molecule has 0 bridgehead atoms. The molecule has 0 radical (unpaired) electrons. The number of nitrogens with one attached hydrogen (secondary N) is 1. The molecule has 0 aliphatic carbocycles. The first-order valence-corrected chi connectivity index (χ1v) is 9.99. The Kier molecular flexibility index (Phi) is 4.78. The van der Waals surface area contributed by atoms with E-state index in [1.165, 1.54) is 24.1 Å². The second kappa shape index (κ2) is 7.77. The van der Waals surface area contributed by atoms with Crippen LogP contribution in [0, 0.1) is 5.82 Å². The van der Waals surface area contributed by atoms with Crippen molar-refractivity contribution in [1.82, 2.24) is 10.3 Å². The fourth-order valence-electron chi connectivity index (χ4n) is 3.90. The van der Waals surface area contributed by atoms with Gasteiger partial charge in [0.15, 0.2) is 0 Å². The molecule has 6 nitrogen and oxygen atoms in total. The highest BCUT2D eigenvalue weighted by Gasteiger charge is 2.40. The summed E-state index contributed by atoms with van der Waals surface area (Å²) in [5, 5.41) is 4.54. The van der Waals surface area contributed by atoms with Crippen LogP contribution in [-0.4, -0.2) is 23.9 Å². The van der Waals surface area contributed by atoms with Crippen molar-refractivity contribution in [2.75, 3.05) is 12.0 Å². The molecule has 32 heavy (non-hydrogen) atoms. The van der Waals surface area contributed by atoms with E-state index in [1.54, 1.807) is 42.6 Å². The van der Waals surface area contributed by atoms with Gasteiger partial charge >= 0.3 is 0 Å². The number of hydrogen-bond acceptors (Lipinski definition) is 4. The lowest BCUT2D eigenvalue weighted by molar-refractivity contribution is -0.119. The zero-order valence-corrected chi connectivity index (χ0v) is 17.1. The van der Waals surface area contributed by atoms with E-state index in [0.717, 1.165) is 10.8 Å². The van der Waals surface area contributed by atoms with Crippen molar-refractivity contribution in [2.45, 2.75) is 6.04 Å². The zero-order chi connectivity index (χ0) is 22.2. The molecule has 7 heteroatoms. The number of carbonyl (C=O) groups excluding carboxylic acids is 2. The number of fused-ring (bicyclic) bond motifs is 2. The number of rotatable bonds is 4. The highest BCUT2D eigenvalue weighted by atomic mass is 19.1. The van der Waals surface area contributed by atoms with Crippen molar-refractivity contribution in [2.24, 2.45) is 0 Å². The maximum absolute atomic E-state index is 14.6. The number of halogens is 1. The first-order chi connectivity index (χ1) is 15.6. The molecule has 1 aliphatic rings. The Morgan fingerprint density at radius 3 is 2.53 bits per heavy atom. The summed E-state index contributed by atoms with van der Waals surface area (Å²) in [6, 6.07) is 19.3. The van der Waals surface area contributed by atoms with E-state index in [2.05, 4.69) is 10.3 Å². The lowest BCUT2D eigenvalue weighted by atomic mass is 10.1. The van der Waals surface area contributed by atoms with Crippen LogP contribution in [0.1, 0.15) is 22.1 Å². The van der Waals surface area contributed by atoms with Crippen LogP contribution in [0.3, 0.4) is 0 Å². The van der Waals surface area contributed by atoms with E-state index in [4.69, 9.17) is 4.74 Å². The van der Waals surface area contributed by atoms with Crippen LogP contribution in [0.15, 0.2) is 79.0 Å². The molecule has 2 heterocycles. The van der Waals surface area contributed by atoms with Gasteiger partial charge in [-0.3, -0.25) is 19.5 Å². The van der Waals surface area contributed by atoms with Crippen LogP contribution >= 0.6 is 0 Å². The summed E-state index contributed by atoms with van der Waals surface area (Å²) in [4.78, 5) is 31.9. The molecule has 1 aromatic heterocycles. The highest BCUT2D eigenvalue weighted by Crippen LogP contribution is 2.43. The average Bonchev–Trinajstić information content (AvgIpc) is 3.09. The molecule has 2 amide bonds. The molecule has 0 saturated heterocycles. The van der Waals surface area contributed by atoms with Gasteiger partial charge in [-0.2, -0.15) is 0 Å². The van der Waals surface area contributed by atoms with E-state index in [9.17, 15) is 14.0 Å². The number of anilines is 2. The van der Waals surface area contributed by atoms with E-state index in [1.807, 2.05) is 24.3 Å². The Bertz CT molecular complexity index is 1370. The number of amides is 2. The first-order valence-electron chi connectivity index (χ1n) is 9.99. The predicted octanol–water partition coefficient (Wildman–Crippen LogP) is 4.53. The van der Waals surface area contributed by atoms with Gasteiger partial charge in [-0.1, -0.05) is 42.5 Å². The van der Waals surface area contributed by atoms with Crippen LogP contribution < -0.4 is 15.0 Å². The van der Waals surface area contributed by atoms with Crippen molar-refractivity contribution >= 4 is 34.0 Å². The van der Waals surface area contributed by atoms with E-state index in [-0.39, 0.29) is 11.4 Å². The second-order valence-electron chi connectivity index (χ2n) is 7.37. The predicted molar refractivity (Wildman–Crippen MR) is 118 cm³/mol. The third-order valence-corrected chi connectivity index (χ3v) is 5.49. The Morgan fingerprint density at radius 1 is 1.00 bits per heavy atom. The zero-order valence-electron chi connectivity index (χ0n) is 17.1. The Morgan fingerprint density at radius 2 is 1.75 bits per heavy atom. The number of pyridine rings is 1. The molecule has 4 aromatic rings. The van der Waals surface area contributed by atoms with Crippen molar-refractivity contribution < 1.29 is 18.7 Å². The molecule has 0 fully saturated rings. The fourth-order valence-corrected chi connectivity index (χ4v) is 3.90. The molecule has 0 saturated carbocycles. The van der Waals surface area contributed by atoms with Gasteiger partial charge in [0.1, 0.15) is 23.3 Å². The number of benzene rings is 3. The van der Waals surface area contributed by atoms with Gasteiger partial charge in [-0.05, 0) is 29.7 Å². The minimum Gasteiger partial charge on any atom is -0.497 e. The molecule has 1 unspecified atom stereocenters. The number of hydrogen-bond donors (Lipinski definition) is 1. The van der Waals surface area contributed by atoms with Crippen molar-refractivity contribution in [3.63, 3.8) is 0 Å². The summed E-state index contributed by atoms with van der Waals surface area (Å²) in [6.07, 6.45) is 1.62. The summed E-state index contributed by atoms with van der Waals surface area (Å²) < 4.78 is 19.9. The fraction of sp³-hybridized carbons (Fsp3) is 0.0800. The number of carbonyl (C=O) groups is 2. The summed E-state index contributed by atoms with van der Waals surface area (Å²) in [6.45, 7) is 0. The lowest BCUT2D eigenvalue weighted by Crippen LogP contribution is -2.36. The van der Waals surface area contributed by atoms with Crippen molar-refractivity contribution in [3.8, 4) is 5.75 Å². The molecular formula is C25H18FN3O3. The number of ether oxygens (including phenoxy) is 1. The third-order valence-electron chi connectivity index (χ3n) is 5.49. The molecule has 1 N–H and O–H groups in total. The van der Waals surface area contributed by atoms with Gasteiger partial charge in [0.05, 0.1) is 18.5 Å². The van der Waals surface area contributed by atoms with Gasteiger partial charge in [0, 0.05) is 23.2 Å². The number of para-hydroxylation sites is 1. The molecule has 1 aliphatic heterocycles. The van der Waals surface area contributed by atoms with Gasteiger partial charge in [0.25, 0.3) is 11.8 Å². The Balaban J connectivity index is 1.53. The van der Waals surface area contributed by atoms with E-state index >= 15 is 0 Å². The van der Waals surface area contributed by atoms with E-state index in [0.29, 0.717) is 17.0 Å². The van der Waals surface area contributed by atoms with Crippen LogP contribution in [0.2, 0.25) is 0 Å². The van der Waals surface area contributed by atoms with Gasteiger partial charge < -0.3 is 10.1 Å². The maximum Gasteiger partial charge on any atom is 0.270 e. The van der Waals surface area contributed by atoms with Gasteiger partial charge in [0.2, 0.25) is 0 Å². The highest BCUT2D eigenvalue weighted by molar-refractivity contribution is 6.12. The number of aromatic nitrogens is 1. The van der Waals surface area contributed by atoms with Crippen LogP contribution in [0.5, 0.6) is 5.75 Å². The van der Waals surface area contributed by atoms with Gasteiger partial charge in [-0.25, -0.2) is 4.39 Å². The average molecular weight is 427 g/mol. The molecule has 0 spiro atoms. The number of methoxy groups -OCH3 is 1. The van der Waals surface area contributed by atoms with Crippen LogP contribution in [0.4, 0.5) is 15.8 Å². The summed E-state index contributed by atoms with van der Waals surface area (Å²) >= 11 is 0. The number of nitrogens with zero attached hydrogens (tertiary/aromatic N) is 2. The minimum atomic E-state index is -0.990. The van der Waals surface area contributed by atoms with E-state index < -0.39 is 23.7 Å². The maximum atomic E-state index is 14.6. The van der Waals surface area contributed by atoms with Crippen molar-refractivity contribution in [1.29, 1.82) is 0 Å². The van der Waals surface area contributed by atoms with Crippen LogP contribution in [0.25, 0.3) is 10.8 Å². The second-order valence-corrected chi connectivity index (χ2v) is 7.37. The standard InChI is InChI=1S/C25H18FN3O3/c1-32-17-10-11-18-22(13-17)29(21-9-5-4-8-19(21)26)25(31)23(18)28-24(30)20-12-15-6-2-3-7-16(15)14-27-20/h2-14,23H,1H3,(H,28,30). The normalized spacial score (nSPS) is 15.0. The summed E-state index contributed by atoms with van der Waals surface area (Å²) in [5.74, 6) is -0.988. The lowest BCUT2D eigenvalue weighted by Gasteiger charge is -2.19. The third kappa shape index (κ3) is 3.24. The first kappa shape index (κ1) is 19.7. The minimum absolute atomic E-state index is 0.104. The monoisotopic (exact) mass is 427 g/mol. The molecular weight excluding hydrogens is 409 g/mol. The Hall–Kier alpha value is -4.26.